The second-order valence-corrected chi connectivity index (χ2v) is 14.3. The maximum Gasteiger partial charge on any atom is 0.305 e. The molecule has 4 aliphatic carbocycles. The fourth-order valence-electron chi connectivity index (χ4n) is 9.96. The zero-order valence-electron chi connectivity index (χ0n) is 25.0. The molecule has 5 aliphatic rings. The normalized spacial score (nSPS) is 42.2. The number of allylic oxidation sites excluding steroid dienone is 2. The topological polar surface area (TPSA) is 64.6 Å². The summed E-state index contributed by atoms with van der Waals surface area (Å²) in [5.74, 6) is 4.30. The van der Waals surface area contributed by atoms with Crippen LogP contribution >= 0.6 is 0 Å². The zero-order chi connectivity index (χ0) is 27.5. The van der Waals surface area contributed by atoms with Crippen LogP contribution in [0.2, 0.25) is 0 Å². The molecule has 38 heavy (non-hydrogen) atoms. The Morgan fingerprint density at radius 1 is 1.18 bits per heavy atom. The lowest BCUT2D eigenvalue weighted by atomic mass is 9.47. The van der Waals surface area contributed by atoms with Crippen LogP contribution in [0.15, 0.2) is 23.0 Å². The Kier molecular flexibility index (Phi) is 7.31. The highest BCUT2D eigenvalue weighted by atomic mass is 16.5. The molecule has 3 saturated carbocycles. The van der Waals surface area contributed by atoms with Crippen LogP contribution in [-0.4, -0.2) is 30.1 Å². The number of hydrogen-bond donors (Lipinski definition) is 1. The van der Waals surface area contributed by atoms with Gasteiger partial charge in [0.25, 0.3) is 0 Å². The van der Waals surface area contributed by atoms with Crippen LogP contribution in [-0.2, 0) is 19.1 Å². The number of hydrogen-bond acceptors (Lipinski definition) is 4. The smallest absolute Gasteiger partial charge is 0.305 e. The van der Waals surface area contributed by atoms with Gasteiger partial charge in [0, 0.05) is 38.6 Å². The summed E-state index contributed by atoms with van der Waals surface area (Å²) >= 11 is 0. The van der Waals surface area contributed by atoms with Crippen molar-refractivity contribution in [3.63, 3.8) is 0 Å². The summed E-state index contributed by atoms with van der Waals surface area (Å²) in [6.45, 7) is 16.3. The molecule has 212 valence electrons. The first-order chi connectivity index (χ1) is 17.9. The monoisotopic (exact) mass is 525 g/mol. The molecule has 3 fully saturated rings. The van der Waals surface area contributed by atoms with E-state index in [0.717, 1.165) is 56.9 Å². The van der Waals surface area contributed by atoms with Crippen molar-refractivity contribution in [1.82, 2.24) is 5.32 Å². The van der Waals surface area contributed by atoms with Crippen LogP contribution < -0.4 is 5.32 Å². The summed E-state index contributed by atoms with van der Waals surface area (Å²) in [7, 11) is 0. The fourth-order valence-corrected chi connectivity index (χ4v) is 9.96. The first-order valence-electron chi connectivity index (χ1n) is 15.4. The van der Waals surface area contributed by atoms with Crippen molar-refractivity contribution in [3.05, 3.63) is 23.0 Å². The Morgan fingerprint density at radius 3 is 2.66 bits per heavy atom. The number of rotatable bonds is 7. The van der Waals surface area contributed by atoms with Gasteiger partial charge >= 0.3 is 5.97 Å². The van der Waals surface area contributed by atoms with Gasteiger partial charge in [-0.25, -0.2) is 0 Å². The van der Waals surface area contributed by atoms with Gasteiger partial charge in [-0.15, -0.1) is 0 Å². The summed E-state index contributed by atoms with van der Waals surface area (Å²) in [6.07, 6.45) is 13.1. The van der Waals surface area contributed by atoms with Gasteiger partial charge < -0.3 is 14.8 Å². The van der Waals surface area contributed by atoms with Gasteiger partial charge in [0.1, 0.15) is 11.7 Å². The van der Waals surface area contributed by atoms with Crippen molar-refractivity contribution in [2.75, 3.05) is 6.54 Å². The van der Waals surface area contributed by atoms with Crippen molar-refractivity contribution >= 4 is 11.9 Å². The highest BCUT2D eigenvalue weighted by molar-refractivity contribution is 5.72. The molecule has 0 saturated heterocycles. The molecule has 1 amide bonds. The van der Waals surface area contributed by atoms with Gasteiger partial charge in [-0.1, -0.05) is 39.3 Å². The van der Waals surface area contributed by atoms with Crippen molar-refractivity contribution in [3.8, 4) is 0 Å². The van der Waals surface area contributed by atoms with E-state index >= 15 is 0 Å². The Labute approximate surface area is 230 Å². The molecule has 1 N–H and O–H groups in total. The fraction of sp³-hybridized carbons (Fsp3) is 0.818. The van der Waals surface area contributed by atoms with E-state index in [-0.39, 0.29) is 29.0 Å². The highest BCUT2D eigenvalue weighted by Gasteiger charge is 2.67. The lowest BCUT2D eigenvalue weighted by molar-refractivity contribution is -0.151. The van der Waals surface area contributed by atoms with E-state index in [0.29, 0.717) is 29.6 Å². The minimum absolute atomic E-state index is 0.0486. The molecule has 5 nitrogen and oxygen atoms in total. The molecule has 5 heteroatoms. The van der Waals surface area contributed by atoms with Gasteiger partial charge in [-0.05, 0) is 98.9 Å². The Hall–Kier alpha value is -1.78. The van der Waals surface area contributed by atoms with E-state index < -0.39 is 0 Å². The molecular formula is C33H51NO4. The van der Waals surface area contributed by atoms with Crippen LogP contribution in [0.4, 0.5) is 0 Å². The van der Waals surface area contributed by atoms with Gasteiger partial charge in [0.05, 0.1) is 5.76 Å². The van der Waals surface area contributed by atoms with Crippen molar-refractivity contribution in [2.45, 2.75) is 124 Å². The first kappa shape index (κ1) is 27.8. The Morgan fingerprint density at radius 2 is 1.95 bits per heavy atom. The molecule has 0 bridgehead atoms. The van der Waals surface area contributed by atoms with Crippen LogP contribution in [0.3, 0.4) is 0 Å². The van der Waals surface area contributed by atoms with Gasteiger partial charge in [0.15, 0.2) is 0 Å². The number of amides is 1. The van der Waals surface area contributed by atoms with E-state index in [9.17, 15) is 9.59 Å². The van der Waals surface area contributed by atoms with E-state index in [2.05, 4.69) is 46.0 Å². The van der Waals surface area contributed by atoms with Crippen molar-refractivity contribution in [1.29, 1.82) is 0 Å². The van der Waals surface area contributed by atoms with E-state index in [1.165, 1.54) is 30.6 Å². The summed E-state index contributed by atoms with van der Waals surface area (Å²) < 4.78 is 12.7. The standard InChI is InChI=1S/C33H51NO4/c1-8-29(36)37-24-13-15-31(5)23(17-24)10-11-25-26(31)14-16-32(6)27(25)18-33(7)30(32)21(3)28(38-33)12-9-20(2)19-34-22(4)35/h10,20,24-27,30H,8-9,11-19H2,1-7H3,(H,34,35)/t20-,24-,25-,26+,27+,30-,31+,32+,33+/m1/s1. The second-order valence-electron chi connectivity index (χ2n) is 14.3. The average molecular weight is 526 g/mol. The third-order valence-electron chi connectivity index (χ3n) is 11.8. The molecule has 0 aromatic heterocycles. The average Bonchev–Trinajstić information content (AvgIpc) is 3.27. The minimum atomic E-state index is -0.0918. The predicted octanol–water partition coefficient (Wildman–Crippen LogP) is 7.11. The SMILES string of the molecule is CCC(=O)O[C@@H]1CC[C@@]2(C)C(=CC[C@H]3[C@@H]4C[C@]5(C)OC(CC[C@@H](C)CNC(C)=O)=C(C)[C@@H]5[C@@]4(C)CC[C@@H]32)C1. The number of fused-ring (bicyclic) bond motifs is 7. The van der Waals surface area contributed by atoms with Crippen molar-refractivity contribution in [2.24, 2.45) is 40.4 Å². The maximum absolute atomic E-state index is 11.9. The number of carbonyl (C=O) groups is 2. The van der Waals surface area contributed by atoms with Crippen LogP contribution in [0.1, 0.15) is 113 Å². The van der Waals surface area contributed by atoms with E-state index in [4.69, 9.17) is 9.47 Å². The van der Waals surface area contributed by atoms with Crippen LogP contribution in [0.5, 0.6) is 0 Å². The highest BCUT2D eigenvalue weighted by Crippen LogP contribution is 2.71. The quantitative estimate of drug-likeness (QED) is 0.284. The lowest BCUT2D eigenvalue weighted by Gasteiger charge is -2.58. The van der Waals surface area contributed by atoms with Gasteiger partial charge in [-0.3, -0.25) is 9.59 Å². The number of carbonyl (C=O) groups excluding carboxylic acids is 2. The molecule has 1 aliphatic heterocycles. The first-order valence-corrected chi connectivity index (χ1v) is 15.4. The Balaban J connectivity index is 1.31. The maximum atomic E-state index is 11.9. The van der Waals surface area contributed by atoms with E-state index in [1.807, 2.05) is 6.92 Å². The molecular weight excluding hydrogens is 474 g/mol. The molecule has 0 unspecified atom stereocenters. The molecule has 9 atom stereocenters. The molecule has 5 rings (SSSR count). The molecule has 0 aromatic carbocycles. The predicted molar refractivity (Wildman–Crippen MR) is 150 cm³/mol. The third kappa shape index (κ3) is 4.54. The van der Waals surface area contributed by atoms with E-state index in [1.54, 1.807) is 12.5 Å². The minimum Gasteiger partial charge on any atom is -0.491 e. The van der Waals surface area contributed by atoms with Crippen molar-refractivity contribution < 1.29 is 19.1 Å². The summed E-state index contributed by atoms with van der Waals surface area (Å²) in [4.78, 5) is 23.2. The third-order valence-corrected chi connectivity index (χ3v) is 11.8. The molecule has 0 spiro atoms. The van der Waals surface area contributed by atoms with Gasteiger partial charge in [-0.2, -0.15) is 0 Å². The lowest BCUT2D eigenvalue weighted by Crippen LogP contribution is -2.50. The molecule has 0 aromatic rings. The zero-order valence-corrected chi connectivity index (χ0v) is 25.0. The largest absolute Gasteiger partial charge is 0.491 e. The summed E-state index contributed by atoms with van der Waals surface area (Å²) in [5.41, 5.74) is 3.51. The van der Waals surface area contributed by atoms with Crippen LogP contribution in [0.25, 0.3) is 0 Å². The number of nitrogens with one attached hydrogen (secondary N) is 1. The Bertz CT molecular complexity index is 1030. The summed E-state index contributed by atoms with van der Waals surface area (Å²) in [5, 5.41) is 2.96. The molecule has 1 heterocycles. The number of esters is 1. The summed E-state index contributed by atoms with van der Waals surface area (Å²) in [6, 6.07) is 0. The second kappa shape index (κ2) is 10.0. The molecule has 0 radical (unpaired) electrons. The van der Waals surface area contributed by atoms with Gasteiger partial charge in [0.2, 0.25) is 5.91 Å². The van der Waals surface area contributed by atoms with Crippen LogP contribution in [0, 0.1) is 40.4 Å². The number of ether oxygens (including phenoxy) is 2.